The van der Waals surface area contributed by atoms with Crippen molar-refractivity contribution >= 4 is 15.9 Å². The lowest BCUT2D eigenvalue weighted by molar-refractivity contribution is -0.132. The SMILES string of the molecule is Cc1noc(C)c1CC(=O)N1CCn2c(nnc2C2CCCCN2S(C)(=O)=O)C1. The first-order valence-electron chi connectivity index (χ1n) is 9.84. The number of aryl methyl sites for hydroxylation is 2. The maximum Gasteiger partial charge on any atom is 0.227 e. The van der Waals surface area contributed by atoms with E-state index in [1.807, 2.05) is 11.5 Å². The van der Waals surface area contributed by atoms with Crippen LogP contribution in [0.2, 0.25) is 0 Å². The van der Waals surface area contributed by atoms with Crippen LogP contribution in [-0.2, 0) is 34.3 Å². The second-order valence-electron chi connectivity index (χ2n) is 7.81. The largest absolute Gasteiger partial charge is 0.361 e. The van der Waals surface area contributed by atoms with Crippen molar-refractivity contribution in [2.75, 3.05) is 19.3 Å². The molecule has 2 aliphatic heterocycles. The number of piperidine rings is 1. The van der Waals surface area contributed by atoms with E-state index in [0.717, 1.165) is 30.5 Å². The molecule has 1 amide bonds. The molecule has 29 heavy (non-hydrogen) atoms. The van der Waals surface area contributed by atoms with Crippen molar-refractivity contribution in [2.45, 2.75) is 58.7 Å². The Balaban J connectivity index is 1.52. The summed E-state index contributed by atoms with van der Waals surface area (Å²) in [5, 5.41) is 12.5. The molecule has 158 valence electrons. The highest BCUT2D eigenvalue weighted by Crippen LogP contribution is 2.33. The summed E-state index contributed by atoms with van der Waals surface area (Å²) < 4.78 is 33.1. The minimum Gasteiger partial charge on any atom is -0.361 e. The van der Waals surface area contributed by atoms with Gasteiger partial charge in [-0.1, -0.05) is 11.6 Å². The van der Waals surface area contributed by atoms with E-state index >= 15 is 0 Å². The van der Waals surface area contributed by atoms with Crippen molar-refractivity contribution in [3.8, 4) is 0 Å². The molecule has 0 N–H and O–H groups in total. The Morgan fingerprint density at radius 2 is 1.97 bits per heavy atom. The average molecular weight is 423 g/mol. The highest BCUT2D eigenvalue weighted by atomic mass is 32.2. The van der Waals surface area contributed by atoms with Gasteiger partial charge in [-0.15, -0.1) is 10.2 Å². The molecule has 1 unspecified atom stereocenters. The van der Waals surface area contributed by atoms with Crippen molar-refractivity contribution in [1.29, 1.82) is 0 Å². The van der Waals surface area contributed by atoms with Gasteiger partial charge in [-0.2, -0.15) is 4.31 Å². The van der Waals surface area contributed by atoms with Gasteiger partial charge in [0, 0.05) is 25.2 Å². The highest BCUT2D eigenvalue weighted by Gasteiger charge is 2.36. The van der Waals surface area contributed by atoms with Gasteiger partial charge in [-0.3, -0.25) is 4.79 Å². The number of sulfonamides is 1. The van der Waals surface area contributed by atoms with Gasteiger partial charge in [-0.25, -0.2) is 8.42 Å². The van der Waals surface area contributed by atoms with Gasteiger partial charge in [0.15, 0.2) is 11.6 Å². The molecule has 0 spiro atoms. The molecule has 10 nitrogen and oxygen atoms in total. The zero-order valence-corrected chi connectivity index (χ0v) is 17.8. The fourth-order valence-corrected chi connectivity index (χ4v) is 5.34. The van der Waals surface area contributed by atoms with Crippen LogP contribution in [0.5, 0.6) is 0 Å². The second kappa shape index (κ2) is 7.52. The number of hydrogen-bond acceptors (Lipinski definition) is 7. The Morgan fingerprint density at radius 3 is 2.66 bits per heavy atom. The van der Waals surface area contributed by atoms with Crippen LogP contribution < -0.4 is 0 Å². The minimum absolute atomic E-state index is 0.00868. The van der Waals surface area contributed by atoms with Gasteiger partial charge in [0.2, 0.25) is 15.9 Å². The lowest BCUT2D eigenvalue weighted by Gasteiger charge is -2.34. The van der Waals surface area contributed by atoms with E-state index < -0.39 is 10.0 Å². The number of carbonyl (C=O) groups excluding carboxylic acids is 1. The third-order valence-electron chi connectivity index (χ3n) is 5.82. The van der Waals surface area contributed by atoms with Crippen molar-refractivity contribution in [2.24, 2.45) is 0 Å². The van der Waals surface area contributed by atoms with Gasteiger partial charge in [-0.05, 0) is 26.7 Å². The van der Waals surface area contributed by atoms with Gasteiger partial charge in [0.1, 0.15) is 5.76 Å². The number of aromatic nitrogens is 4. The molecule has 0 radical (unpaired) electrons. The van der Waals surface area contributed by atoms with Gasteiger partial charge < -0.3 is 14.0 Å². The summed E-state index contributed by atoms with van der Waals surface area (Å²) in [6.45, 7) is 5.59. The fraction of sp³-hybridized carbons (Fsp3) is 0.667. The molecule has 0 aromatic carbocycles. The maximum atomic E-state index is 12.8. The van der Waals surface area contributed by atoms with Gasteiger partial charge >= 0.3 is 0 Å². The van der Waals surface area contributed by atoms with Crippen LogP contribution >= 0.6 is 0 Å². The molecule has 2 aromatic rings. The third kappa shape index (κ3) is 3.80. The number of nitrogens with zero attached hydrogens (tertiary/aromatic N) is 6. The minimum atomic E-state index is -3.32. The molecule has 0 aliphatic carbocycles. The summed E-state index contributed by atoms with van der Waals surface area (Å²) in [5.74, 6) is 2.03. The van der Waals surface area contributed by atoms with E-state index in [-0.39, 0.29) is 18.4 Å². The number of amides is 1. The topological polar surface area (TPSA) is 114 Å². The Labute approximate surface area is 169 Å². The molecular formula is C18H26N6O4S. The molecular weight excluding hydrogens is 396 g/mol. The quantitative estimate of drug-likeness (QED) is 0.721. The van der Waals surface area contributed by atoms with Crippen LogP contribution in [-0.4, -0.2) is 62.8 Å². The van der Waals surface area contributed by atoms with Crippen LogP contribution in [0.25, 0.3) is 0 Å². The van der Waals surface area contributed by atoms with E-state index in [1.54, 1.807) is 11.8 Å². The molecule has 0 saturated carbocycles. The summed E-state index contributed by atoms with van der Waals surface area (Å²) in [5.41, 5.74) is 1.56. The molecule has 1 atom stereocenters. The molecule has 1 saturated heterocycles. The Kier molecular flexibility index (Phi) is 5.19. The molecule has 1 fully saturated rings. The van der Waals surface area contributed by atoms with E-state index in [2.05, 4.69) is 15.4 Å². The Hall–Kier alpha value is -2.27. The van der Waals surface area contributed by atoms with Crippen molar-refractivity contribution in [3.05, 3.63) is 28.7 Å². The molecule has 11 heteroatoms. The smallest absolute Gasteiger partial charge is 0.227 e. The summed E-state index contributed by atoms with van der Waals surface area (Å²) in [6.07, 6.45) is 4.04. The monoisotopic (exact) mass is 422 g/mol. The maximum absolute atomic E-state index is 12.8. The van der Waals surface area contributed by atoms with Gasteiger partial charge in [0.25, 0.3) is 0 Å². The lowest BCUT2D eigenvalue weighted by atomic mass is 10.0. The molecule has 2 aromatic heterocycles. The first kappa shape index (κ1) is 20.0. The second-order valence-corrected chi connectivity index (χ2v) is 9.74. The molecule has 0 bridgehead atoms. The van der Waals surface area contributed by atoms with E-state index in [1.165, 1.54) is 10.6 Å². The van der Waals surface area contributed by atoms with Crippen LogP contribution in [0.1, 0.15) is 54.0 Å². The molecule has 4 rings (SSSR count). The predicted molar refractivity (Wildman–Crippen MR) is 103 cm³/mol. The lowest BCUT2D eigenvalue weighted by Crippen LogP contribution is -2.42. The van der Waals surface area contributed by atoms with Gasteiger partial charge in [0.05, 0.1) is 31.0 Å². The normalized spacial score (nSPS) is 20.7. The zero-order valence-electron chi connectivity index (χ0n) is 17.0. The fourth-order valence-electron chi connectivity index (χ4n) is 4.22. The van der Waals surface area contributed by atoms with Crippen LogP contribution in [0.15, 0.2) is 4.52 Å². The summed E-state index contributed by atoms with van der Waals surface area (Å²) in [6, 6.07) is -0.287. The van der Waals surface area contributed by atoms with E-state index in [4.69, 9.17) is 4.52 Å². The van der Waals surface area contributed by atoms with Crippen LogP contribution in [0, 0.1) is 13.8 Å². The first-order chi connectivity index (χ1) is 13.8. The van der Waals surface area contributed by atoms with Crippen molar-refractivity contribution < 1.29 is 17.7 Å². The number of carbonyl (C=O) groups is 1. The number of fused-ring (bicyclic) bond motifs is 1. The summed E-state index contributed by atoms with van der Waals surface area (Å²) in [4.78, 5) is 14.5. The number of hydrogen-bond donors (Lipinski definition) is 0. The third-order valence-corrected chi connectivity index (χ3v) is 7.11. The van der Waals surface area contributed by atoms with Crippen LogP contribution in [0.4, 0.5) is 0 Å². The zero-order chi connectivity index (χ0) is 20.8. The summed E-state index contributed by atoms with van der Waals surface area (Å²) >= 11 is 0. The summed E-state index contributed by atoms with van der Waals surface area (Å²) in [7, 11) is -3.32. The van der Waals surface area contributed by atoms with E-state index in [0.29, 0.717) is 43.6 Å². The highest BCUT2D eigenvalue weighted by molar-refractivity contribution is 7.88. The van der Waals surface area contributed by atoms with Crippen molar-refractivity contribution in [3.63, 3.8) is 0 Å². The Morgan fingerprint density at radius 1 is 1.17 bits per heavy atom. The number of rotatable bonds is 4. The average Bonchev–Trinajstić information content (AvgIpc) is 3.25. The standard InChI is InChI=1S/C18H26N6O4S/c1-12-14(13(2)28-21-12)10-17(25)22-8-9-23-16(11-22)19-20-18(23)15-6-4-5-7-24(15)29(3,26)27/h15H,4-11H2,1-3H3. The van der Waals surface area contributed by atoms with Crippen LogP contribution in [0.3, 0.4) is 0 Å². The van der Waals surface area contributed by atoms with Crippen molar-refractivity contribution in [1.82, 2.24) is 29.1 Å². The molecule has 2 aliphatic rings. The predicted octanol–water partition coefficient (Wildman–Crippen LogP) is 0.954. The van der Waals surface area contributed by atoms with E-state index in [9.17, 15) is 13.2 Å². The molecule has 4 heterocycles. The Bertz CT molecular complexity index is 1010. The first-order valence-corrected chi connectivity index (χ1v) is 11.7.